The van der Waals surface area contributed by atoms with E-state index in [-0.39, 0.29) is 0 Å². The van der Waals surface area contributed by atoms with Crippen LogP contribution < -0.4 is 10.1 Å². The van der Waals surface area contributed by atoms with Gasteiger partial charge >= 0.3 is 0 Å². The summed E-state index contributed by atoms with van der Waals surface area (Å²) in [6, 6.07) is 0. The number of aryl methyl sites for hydroxylation is 2. The molecule has 1 aromatic heterocycles. The lowest BCUT2D eigenvalue weighted by Gasteiger charge is -2.35. The molecule has 0 saturated heterocycles. The molecule has 1 saturated carbocycles. The SMILES string of the molecule is CNCC1CC(Oc2nc(C)cnc2C)C1. The monoisotopic (exact) mass is 221 g/mol. The van der Waals surface area contributed by atoms with Crippen LogP contribution in [0.1, 0.15) is 24.2 Å². The van der Waals surface area contributed by atoms with Crippen LogP contribution in [-0.2, 0) is 0 Å². The maximum Gasteiger partial charge on any atom is 0.235 e. The van der Waals surface area contributed by atoms with Crippen LogP contribution in [0, 0.1) is 19.8 Å². The lowest BCUT2D eigenvalue weighted by molar-refractivity contribution is 0.0604. The minimum absolute atomic E-state index is 0.327. The van der Waals surface area contributed by atoms with Gasteiger partial charge in [0.05, 0.1) is 11.4 Å². The Morgan fingerprint density at radius 2 is 2.19 bits per heavy atom. The first-order valence-electron chi connectivity index (χ1n) is 5.80. The fourth-order valence-electron chi connectivity index (χ4n) is 2.01. The van der Waals surface area contributed by atoms with Gasteiger partial charge in [-0.3, -0.25) is 4.98 Å². The largest absolute Gasteiger partial charge is 0.473 e. The molecular formula is C12H19N3O. The molecule has 2 rings (SSSR count). The van der Waals surface area contributed by atoms with Gasteiger partial charge in [0, 0.05) is 6.20 Å². The maximum atomic E-state index is 5.84. The van der Waals surface area contributed by atoms with Crippen LogP contribution in [0.25, 0.3) is 0 Å². The third-order valence-electron chi connectivity index (χ3n) is 3.00. The van der Waals surface area contributed by atoms with Gasteiger partial charge in [-0.2, -0.15) is 0 Å². The van der Waals surface area contributed by atoms with Gasteiger partial charge in [-0.1, -0.05) is 0 Å². The Kier molecular flexibility index (Phi) is 3.39. The van der Waals surface area contributed by atoms with Crippen molar-refractivity contribution in [2.75, 3.05) is 13.6 Å². The van der Waals surface area contributed by atoms with Crippen LogP contribution in [-0.4, -0.2) is 29.7 Å². The summed E-state index contributed by atoms with van der Waals surface area (Å²) in [5.41, 5.74) is 1.79. The molecule has 4 nitrogen and oxygen atoms in total. The summed E-state index contributed by atoms with van der Waals surface area (Å²) in [6.45, 7) is 4.95. The fourth-order valence-corrected chi connectivity index (χ4v) is 2.01. The summed E-state index contributed by atoms with van der Waals surface area (Å²) >= 11 is 0. The number of nitrogens with one attached hydrogen (secondary N) is 1. The quantitative estimate of drug-likeness (QED) is 0.836. The Bertz CT molecular complexity index is 361. The first kappa shape index (κ1) is 11.3. The minimum Gasteiger partial charge on any atom is -0.473 e. The average Bonchev–Trinajstić information content (AvgIpc) is 2.20. The Labute approximate surface area is 96.4 Å². The van der Waals surface area contributed by atoms with Crippen LogP contribution >= 0.6 is 0 Å². The number of ether oxygens (including phenoxy) is 1. The zero-order chi connectivity index (χ0) is 11.5. The molecular weight excluding hydrogens is 202 g/mol. The summed E-state index contributed by atoms with van der Waals surface area (Å²) in [5.74, 6) is 1.46. The Hall–Kier alpha value is -1.16. The van der Waals surface area contributed by atoms with Crippen molar-refractivity contribution in [2.24, 2.45) is 5.92 Å². The van der Waals surface area contributed by atoms with Crippen LogP contribution in [0.2, 0.25) is 0 Å². The average molecular weight is 221 g/mol. The number of hydrogen-bond acceptors (Lipinski definition) is 4. The Balaban J connectivity index is 1.89. The summed E-state index contributed by atoms with van der Waals surface area (Å²) in [4.78, 5) is 8.61. The third kappa shape index (κ3) is 2.50. The molecule has 88 valence electrons. The second-order valence-electron chi connectivity index (χ2n) is 4.54. The number of rotatable bonds is 4. The van der Waals surface area contributed by atoms with Gasteiger partial charge < -0.3 is 10.1 Å². The highest BCUT2D eigenvalue weighted by atomic mass is 16.5. The smallest absolute Gasteiger partial charge is 0.235 e. The van der Waals surface area contributed by atoms with E-state index in [0.29, 0.717) is 12.0 Å². The lowest BCUT2D eigenvalue weighted by Crippen LogP contribution is -2.39. The zero-order valence-electron chi connectivity index (χ0n) is 10.2. The normalized spacial score (nSPS) is 23.9. The van der Waals surface area contributed by atoms with Crippen molar-refractivity contribution >= 4 is 0 Å². The highest BCUT2D eigenvalue weighted by Crippen LogP contribution is 2.30. The van der Waals surface area contributed by atoms with Crippen molar-refractivity contribution in [3.8, 4) is 5.88 Å². The van der Waals surface area contributed by atoms with Gasteiger partial charge in [0.2, 0.25) is 5.88 Å². The number of aromatic nitrogens is 2. The van der Waals surface area contributed by atoms with Crippen molar-refractivity contribution in [2.45, 2.75) is 32.8 Å². The first-order chi connectivity index (χ1) is 7.69. The molecule has 0 amide bonds. The van der Waals surface area contributed by atoms with E-state index in [2.05, 4.69) is 15.3 Å². The summed E-state index contributed by atoms with van der Waals surface area (Å²) < 4.78 is 5.84. The van der Waals surface area contributed by atoms with E-state index in [0.717, 1.165) is 36.7 Å². The Morgan fingerprint density at radius 3 is 2.88 bits per heavy atom. The van der Waals surface area contributed by atoms with Gasteiger partial charge in [-0.05, 0) is 46.2 Å². The van der Waals surface area contributed by atoms with Crippen LogP contribution in [0.15, 0.2) is 6.20 Å². The molecule has 0 spiro atoms. The van der Waals surface area contributed by atoms with Crippen molar-refractivity contribution in [1.29, 1.82) is 0 Å². The van der Waals surface area contributed by atoms with Gasteiger partial charge in [0.1, 0.15) is 6.10 Å². The summed E-state index contributed by atoms with van der Waals surface area (Å²) in [5, 5.41) is 3.19. The van der Waals surface area contributed by atoms with E-state index >= 15 is 0 Å². The van der Waals surface area contributed by atoms with Crippen LogP contribution in [0.3, 0.4) is 0 Å². The van der Waals surface area contributed by atoms with E-state index < -0.39 is 0 Å². The second kappa shape index (κ2) is 4.78. The standard InChI is InChI=1S/C12H19N3O/c1-8-6-14-9(2)12(15-8)16-11-4-10(5-11)7-13-3/h6,10-11,13H,4-5,7H2,1-3H3. The zero-order valence-corrected chi connectivity index (χ0v) is 10.2. The highest BCUT2D eigenvalue weighted by Gasteiger charge is 2.30. The minimum atomic E-state index is 0.327. The van der Waals surface area contributed by atoms with Gasteiger partial charge in [0.15, 0.2) is 0 Å². The first-order valence-corrected chi connectivity index (χ1v) is 5.80. The van der Waals surface area contributed by atoms with E-state index in [4.69, 9.17) is 4.74 Å². The molecule has 0 unspecified atom stereocenters. The summed E-state index contributed by atoms with van der Waals surface area (Å²) in [6.07, 6.45) is 4.34. The fraction of sp³-hybridized carbons (Fsp3) is 0.667. The lowest BCUT2D eigenvalue weighted by atomic mass is 9.82. The van der Waals surface area contributed by atoms with Crippen LogP contribution in [0.4, 0.5) is 0 Å². The molecule has 1 aliphatic rings. The number of hydrogen-bond donors (Lipinski definition) is 1. The van der Waals surface area contributed by atoms with Crippen LogP contribution in [0.5, 0.6) is 5.88 Å². The van der Waals surface area contributed by atoms with Crippen molar-refractivity contribution < 1.29 is 4.74 Å². The van der Waals surface area contributed by atoms with E-state index in [1.807, 2.05) is 20.9 Å². The van der Waals surface area contributed by atoms with E-state index in [1.54, 1.807) is 6.20 Å². The molecule has 1 aliphatic carbocycles. The number of nitrogens with zero attached hydrogens (tertiary/aromatic N) is 2. The van der Waals surface area contributed by atoms with Gasteiger partial charge in [-0.15, -0.1) is 0 Å². The molecule has 0 atom stereocenters. The molecule has 4 heteroatoms. The summed E-state index contributed by atoms with van der Waals surface area (Å²) in [7, 11) is 1.99. The van der Waals surface area contributed by atoms with Crippen molar-refractivity contribution in [3.63, 3.8) is 0 Å². The molecule has 1 N–H and O–H groups in total. The molecule has 16 heavy (non-hydrogen) atoms. The molecule has 0 aliphatic heterocycles. The molecule has 0 aromatic carbocycles. The Morgan fingerprint density at radius 1 is 1.44 bits per heavy atom. The maximum absolute atomic E-state index is 5.84. The molecule has 1 fully saturated rings. The predicted molar refractivity (Wildman–Crippen MR) is 62.6 cm³/mol. The van der Waals surface area contributed by atoms with Gasteiger partial charge in [-0.25, -0.2) is 4.98 Å². The van der Waals surface area contributed by atoms with Crippen molar-refractivity contribution in [1.82, 2.24) is 15.3 Å². The van der Waals surface area contributed by atoms with Gasteiger partial charge in [0.25, 0.3) is 0 Å². The van der Waals surface area contributed by atoms with Crippen molar-refractivity contribution in [3.05, 3.63) is 17.6 Å². The topological polar surface area (TPSA) is 47.0 Å². The van der Waals surface area contributed by atoms with E-state index in [1.165, 1.54) is 0 Å². The molecule has 0 bridgehead atoms. The molecule has 0 radical (unpaired) electrons. The van der Waals surface area contributed by atoms with E-state index in [9.17, 15) is 0 Å². The highest BCUT2D eigenvalue weighted by molar-refractivity contribution is 5.18. The molecule has 1 aromatic rings. The second-order valence-corrected chi connectivity index (χ2v) is 4.54. The third-order valence-corrected chi connectivity index (χ3v) is 3.00. The molecule has 1 heterocycles. The predicted octanol–water partition coefficient (Wildman–Crippen LogP) is 1.47.